The third-order valence-electron chi connectivity index (χ3n) is 4.09. The SMILES string of the molecule is O=Cc1c(C2CCCC2)[nH]c2c(C(F)(F)F)cccc12. The van der Waals surface area contributed by atoms with Crippen LogP contribution < -0.4 is 0 Å². The Kier molecular flexibility index (Phi) is 3.07. The smallest absolute Gasteiger partial charge is 0.357 e. The first kappa shape index (κ1) is 13.2. The monoisotopic (exact) mass is 281 g/mol. The van der Waals surface area contributed by atoms with Crippen LogP contribution in [0.1, 0.15) is 53.2 Å². The summed E-state index contributed by atoms with van der Waals surface area (Å²) in [5.41, 5.74) is 0.383. The van der Waals surface area contributed by atoms with Gasteiger partial charge in [-0.25, -0.2) is 0 Å². The third-order valence-corrected chi connectivity index (χ3v) is 4.09. The molecule has 2 nitrogen and oxygen atoms in total. The maximum Gasteiger partial charge on any atom is 0.418 e. The van der Waals surface area contributed by atoms with Gasteiger partial charge in [0.05, 0.1) is 11.1 Å². The van der Waals surface area contributed by atoms with Gasteiger partial charge in [0.25, 0.3) is 0 Å². The Balaban J connectivity index is 2.25. The van der Waals surface area contributed by atoms with Crippen LogP contribution in [0, 0.1) is 0 Å². The van der Waals surface area contributed by atoms with E-state index in [-0.39, 0.29) is 11.4 Å². The number of aromatic amines is 1. The van der Waals surface area contributed by atoms with Crippen LogP contribution in [0.2, 0.25) is 0 Å². The summed E-state index contributed by atoms with van der Waals surface area (Å²) in [6.45, 7) is 0. The molecule has 0 aliphatic heterocycles. The number of carbonyl (C=O) groups excluding carboxylic acids is 1. The highest BCUT2D eigenvalue weighted by molar-refractivity contribution is 6.00. The average molecular weight is 281 g/mol. The number of fused-ring (bicyclic) bond motifs is 1. The molecule has 0 bridgehead atoms. The number of aromatic nitrogens is 1. The first-order chi connectivity index (χ1) is 9.52. The normalized spacial score (nSPS) is 16.9. The molecule has 5 heteroatoms. The second-order valence-corrected chi connectivity index (χ2v) is 5.28. The van der Waals surface area contributed by atoms with Crippen molar-refractivity contribution in [3.05, 3.63) is 35.0 Å². The Morgan fingerprint density at radius 2 is 1.90 bits per heavy atom. The Hall–Kier alpha value is -1.78. The van der Waals surface area contributed by atoms with E-state index in [9.17, 15) is 18.0 Å². The molecule has 0 amide bonds. The highest BCUT2D eigenvalue weighted by Crippen LogP contribution is 2.40. The highest BCUT2D eigenvalue weighted by Gasteiger charge is 2.34. The number of rotatable bonds is 2. The fourth-order valence-corrected chi connectivity index (χ4v) is 3.16. The van der Waals surface area contributed by atoms with Gasteiger partial charge in [0, 0.05) is 16.6 Å². The van der Waals surface area contributed by atoms with E-state index in [0.717, 1.165) is 31.7 Å². The van der Waals surface area contributed by atoms with Crippen molar-refractivity contribution in [2.45, 2.75) is 37.8 Å². The van der Waals surface area contributed by atoms with Crippen LogP contribution in [0.5, 0.6) is 0 Å². The van der Waals surface area contributed by atoms with E-state index in [2.05, 4.69) is 4.98 Å². The lowest BCUT2D eigenvalue weighted by Crippen LogP contribution is -2.05. The van der Waals surface area contributed by atoms with Gasteiger partial charge in [-0.1, -0.05) is 25.0 Å². The Bertz CT molecular complexity index is 651. The van der Waals surface area contributed by atoms with Crippen molar-refractivity contribution in [2.24, 2.45) is 0 Å². The molecule has 0 radical (unpaired) electrons. The summed E-state index contributed by atoms with van der Waals surface area (Å²) in [6, 6.07) is 3.97. The molecule has 0 spiro atoms. The number of aldehydes is 1. The number of carbonyl (C=O) groups is 1. The molecule has 1 aromatic carbocycles. The van der Waals surface area contributed by atoms with E-state index in [1.807, 2.05) is 0 Å². The van der Waals surface area contributed by atoms with Crippen LogP contribution in [0.25, 0.3) is 10.9 Å². The third kappa shape index (κ3) is 2.01. The summed E-state index contributed by atoms with van der Waals surface area (Å²) < 4.78 is 39.1. The molecule has 0 saturated heterocycles. The van der Waals surface area contributed by atoms with Crippen molar-refractivity contribution in [1.29, 1.82) is 0 Å². The van der Waals surface area contributed by atoms with E-state index in [0.29, 0.717) is 22.9 Å². The van der Waals surface area contributed by atoms with Crippen molar-refractivity contribution in [1.82, 2.24) is 4.98 Å². The summed E-state index contributed by atoms with van der Waals surface area (Å²) in [5, 5.41) is 0.372. The number of hydrogen-bond donors (Lipinski definition) is 1. The lowest BCUT2D eigenvalue weighted by atomic mass is 9.99. The van der Waals surface area contributed by atoms with Crippen LogP contribution in [0.4, 0.5) is 13.2 Å². The van der Waals surface area contributed by atoms with Crippen LogP contribution >= 0.6 is 0 Å². The predicted octanol–water partition coefficient (Wildman–Crippen LogP) is 4.66. The Morgan fingerprint density at radius 3 is 2.50 bits per heavy atom. The van der Waals surface area contributed by atoms with Crippen LogP contribution in [0.3, 0.4) is 0 Å². The summed E-state index contributed by atoms with van der Waals surface area (Å²) in [6.07, 6.45) is 0.225. The van der Waals surface area contributed by atoms with Gasteiger partial charge in [-0.2, -0.15) is 13.2 Å². The quantitative estimate of drug-likeness (QED) is 0.798. The standard InChI is InChI=1S/C15H14F3NO/c16-15(17,18)12-7-3-6-10-11(8-20)13(19-14(10)12)9-4-1-2-5-9/h3,6-9,19H,1-2,4-5H2. The van der Waals surface area contributed by atoms with Crippen molar-refractivity contribution < 1.29 is 18.0 Å². The molecule has 1 fully saturated rings. The molecule has 1 saturated carbocycles. The molecule has 3 rings (SSSR count). The lowest BCUT2D eigenvalue weighted by molar-refractivity contribution is -0.136. The van der Waals surface area contributed by atoms with Gasteiger partial charge >= 0.3 is 6.18 Å². The zero-order valence-corrected chi connectivity index (χ0v) is 10.8. The van der Waals surface area contributed by atoms with Gasteiger partial charge in [0.1, 0.15) is 0 Å². The molecule has 0 unspecified atom stereocenters. The molecule has 1 heterocycles. The molecule has 0 atom stereocenters. The van der Waals surface area contributed by atoms with Gasteiger partial charge in [-0.15, -0.1) is 0 Å². The number of benzene rings is 1. The number of H-pyrrole nitrogens is 1. The first-order valence-corrected chi connectivity index (χ1v) is 6.69. The van der Waals surface area contributed by atoms with E-state index in [4.69, 9.17) is 0 Å². The van der Waals surface area contributed by atoms with Crippen molar-refractivity contribution in [3.63, 3.8) is 0 Å². The summed E-state index contributed by atoms with van der Waals surface area (Å²) in [7, 11) is 0. The van der Waals surface area contributed by atoms with E-state index in [1.54, 1.807) is 6.07 Å². The predicted molar refractivity (Wildman–Crippen MR) is 69.9 cm³/mol. The van der Waals surface area contributed by atoms with Crippen LogP contribution in [-0.2, 0) is 6.18 Å². The van der Waals surface area contributed by atoms with E-state index in [1.165, 1.54) is 6.07 Å². The molecular weight excluding hydrogens is 267 g/mol. The maximum atomic E-state index is 13.0. The summed E-state index contributed by atoms with van der Waals surface area (Å²) in [5.74, 6) is 0.170. The topological polar surface area (TPSA) is 32.9 Å². The minimum absolute atomic E-state index is 0.0315. The molecular formula is C15H14F3NO. The molecule has 2 aromatic rings. The van der Waals surface area contributed by atoms with Gasteiger partial charge in [-0.05, 0) is 24.8 Å². The Morgan fingerprint density at radius 1 is 1.20 bits per heavy atom. The zero-order valence-electron chi connectivity index (χ0n) is 10.8. The zero-order chi connectivity index (χ0) is 14.3. The highest BCUT2D eigenvalue weighted by atomic mass is 19.4. The molecule has 106 valence electrons. The fraction of sp³-hybridized carbons (Fsp3) is 0.400. The largest absolute Gasteiger partial charge is 0.418 e. The Labute approximate surface area is 114 Å². The molecule has 1 aliphatic rings. The van der Waals surface area contributed by atoms with Gasteiger partial charge in [-0.3, -0.25) is 4.79 Å². The number of alkyl halides is 3. The number of halogens is 3. The van der Waals surface area contributed by atoms with E-state index >= 15 is 0 Å². The summed E-state index contributed by atoms with van der Waals surface area (Å²) >= 11 is 0. The first-order valence-electron chi connectivity index (χ1n) is 6.69. The molecule has 1 N–H and O–H groups in total. The number of hydrogen-bond acceptors (Lipinski definition) is 1. The number of nitrogens with one attached hydrogen (secondary N) is 1. The van der Waals surface area contributed by atoms with Crippen molar-refractivity contribution in [3.8, 4) is 0 Å². The van der Waals surface area contributed by atoms with Gasteiger partial charge < -0.3 is 4.98 Å². The average Bonchev–Trinajstić information content (AvgIpc) is 3.03. The van der Waals surface area contributed by atoms with Gasteiger partial charge in [0.2, 0.25) is 0 Å². The summed E-state index contributed by atoms with van der Waals surface area (Å²) in [4.78, 5) is 14.2. The second kappa shape index (κ2) is 4.65. The van der Waals surface area contributed by atoms with Crippen molar-refractivity contribution >= 4 is 17.2 Å². The number of para-hydroxylation sites is 1. The lowest BCUT2D eigenvalue weighted by Gasteiger charge is -2.08. The van der Waals surface area contributed by atoms with E-state index < -0.39 is 11.7 Å². The molecule has 20 heavy (non-hydrogen) atoms. The maximum absolute atomic E-state index is 13.0. The fourth-order valence-electron chi connectivity index (χ4n) is 3.16. The van der Waals surface area contributed by atoms with Crippen LogP contribution in [-0.4, -0.2) is 11.3 Å². The van der Waals surface area contributed by atoms with Crippen LogP contribution in [0.15, 0.2) is 18.2 Å². The molecule has 1 aliphatic carbocycles. The minimum atomic E-state index is -4.42. The molecule has 1 aromatic heterocycles. The van der Waals surface area contributed by atoms with Crippen molar-refractivity contribution in [2.75, 3.05) is 0 Å². The second-order valence-electron chi connectivity index (χ2n) is 5.28. The minimum Gasteiger partial charge on any atom is -0.357 e. The van der Waals surface area contributed by atoms with Gasteiger partial charge in [0.15, 0.2) is 6.29 Å².